The van der Waals surface area contributed by atoms with Gasteiger partial charge in [-0.05, 0) is 48.9 Å². The van der Waals surface area contributed by atoms with Crippen LogP contribution in [0.5, 0.6) is 11.5 Å². The molecule has 0 radical (unpaired) electrons. The standard InChI is InChI=1S/C25H24N4O3/c1-3-13-32-23-15-21-20(14-22(23)31-2)24(27-16-26-21)28-18-9-11-19(12-10-18)29-25(30)17-7-5-4-6-8-17/h4-12,14-16H,3,13H2,1-2H3,(H,29,30)(H,26,27,28). The summed E-state index contributed by atoms with van der Waals surface area (Å²) in [4.78, 5) is 21.1. The molecule has 162 valence electrons. The minimum Gasteiger partial charge on any atom is -0.493 e. The van der Waals surface area contributed by atoms with E-state index in [-0.39, 0.29) is 5.91 Å². The van der Waals surface area contributed by atoms with Crippen LogP contribution in [-0.2, 0) is 0 Å². The van der Waals surface area contributed by atoms with E-state index >= 15 is 0 Å². The molecular weight excluding hydrogens is 404 g/mol. The highest BCUT2D eigenvalue weighted by Crippen LogP contribution is 2.34. The molecule has 0 fully saturated rings. The van der Waals surface area contributed by atoms with Gasteiger partial charge >= 0.3 is 0 Å². The second-order valence-electron chi connectivity index (χ2n) is 7.11. The number of anilines is 3. The normalized spacial score (nSPS) is 10.6. The number of rotatable bonds is 8. The molecule has 1 amide bonds. The number of nitrogens with zero attached hydrogens (tertiary/aromatic N) is 2. The van der Waals surface area contributed by atoms with Crippen molar-refractivity contribution in [3.8, 4) is 11.5 Å². The van der Waals surface area contributed by atoms with Crippen LogP contribution in [0.4, 0.5) is 17.2 Å². The maximum Gasteiger partial charge on any atom is 0.255 e. The summed E-state index contributed by atoms with van der Waals surface area (Å²) < 4.78 is 11.3. The van der Waals surface area contributed by atoms with Crippen LogP contribution in [0, 0.1) is 0 Å². The summed E-state index contributed by atoms with van der Waals surface area (Å²) >= 11 is 0. The van der Waals surface area contributed by atoms with Gasteiger partial charge in [-0.1, -0.05) is 25.1 Å². The van der Waals surface area contributed by atoms with Crippen molar-refractivity contribution in [2.75, 3.05) is 24.4 Å². The Hall–Kier alpha value is -4.13. The van der Waals surface area contributed by atoms with Crippen molar-refractivity contribution in [2.24, 2.45) is 0 Å². The fourth-order valence-corrected chi connectivity index (χ4v) is 3.21. The molecule has 0 saturated carbocycles. The average molecular weight is 428 g/mol. The molecule has 0 saturated heterocycles. The van der Waals surface area contributed by atoms with Gasteiger partial charge in [0.1, 0.15) is 12.1 Å². The molecule has 0 atom stereocenters. The van der Waals surface area contributed by atoms with Crippen molar-refractivity contribution in [1.29, 1.82) is 0 Å². The van der Waals surface area contributed by atoms with Gasteiger partial charge in [-0.25, -0.2) is 9.97 Å². The molecule has 0 aliphatic heterocycles. The molecule has 4 aromatic rings. The van der Waals surface area contributed by atoms with Gasteiger partial charge in [0.15, 0.2) is 11.5 Å². The van der Waals surface area contributed by atoms with E-state index in [9.17, 15) is 4.79 Å². The Morgan fingerprint density at radius 3 is 2.41 bits per heavy atom. The van der Waals surface area contributed by atoms with Gasteiger partial charge in [0.05, 0.1) is 19.2 Å². The fraction of sp³-hybridized carbons (Fsp3) is 0.160. The van der Waals surface area contributed by atoms with Gasteiger partial charge in [-0.3, -0.25) is 4.79 Å². The number of carbonyl (C=O) groups is 1. The third kappa shape index (κ3) is 4.78. The van der Waals surface area contributed by atoms with E-state index in [0.717, 1.165) is 23.0 Å². The van der Waals surface area contributed by atoms with Crippen molar-refractivity contribution in [1.82, 2.24) is 9.97 Å². The van der Waals surface area contributed by atoms with Crippen LogP contribution in [0.3, 0.4) is 0 Å². The van der Waals surface area contributed by atoms with Crippen molar-refractivity contribution in [3.63, 3.8) is 0 Å². The highest BCUT2D eigenvalue weighted by molar-refractivity contribution is 6.04. The van der Waals surface area contributed by atoms with Crippen molar-refractivity contribution in [3.05, 3.63) is 78.6 Å². The third-order valence-corrected chi connectivity index (χ3v) is 4.82. The second kappa shape index (κ2) is 9.78. The Balaban J connectivity index is 1.53. The quantitative estimate of drug-likeness (QED) is 0.390. The molecule has 2 N–H and O–H groups in total. The number of hydrogen-bond donors (Lipinski definition) is 2. The molecule has 1 aromatic heterocycles. The van der Waals surface area contributed by atoms with Crippen LogP contribution in [0.2, 0.25) is 0 Å². The summed E-state index contributed by atoms with van der Waals surface area (Å²) in [6, 6.07) is 20.3. The summed E-state index contributed by atoms with van der Waals surface area (Å²) in [5.41, 5.74) is 2.89. The zero-order valence-corrected chi connectivity index (χ0v) is 18.0. The van der Waals surface area contributed by atoms with Crippen LogP contribution >= 0.6 is 0 Å². The first-order valence-electron chi connectivity index (χ1n) is 10.4. The molecule has 3 aromatic carbocycles. The number of amides is 1. The first-order valence-corrected chi connectivity index (χ1v) is 10.4. The lowest BCUT2D eigenvalue weighted by atomic mass is 10.2. The number of nitrogens with one attached hydrogen (secondary N) is 2. The van der Waals surface area contributed by atoms with E-state index in [0.29, 0.717) is 35.2 Å². The van der Waals surface area contributed by atoms with Crippen LogP contribution in [0.25, 0.3) is 10.9 Å². The molecule has 7 nitrogen and oxygen atoms in total. The Labute approximate surface area is 186 Å². The van der Waals surface area contributed by atoms with E-state index in [1.165, 1.54) is 6.33 Å². The van der Waals surface area contributed by atoms with Gasteiger partial charge in [0.2, 0.25) is 0 Å². The minimum atomic E-state index is -0.152. The predicted octanol–water partition coefficient (Wildman–Crippen LogP) is 5.42. The summed E-state index contributed by atoms with van der Waals surface area (Å²) in [5.74, 6) is 1.78. The zero-order valence-electron chi connectivity index (χ0n) is 18.0. The number of methoxy groups -OCH3 is 1. The van der Waals surface area contributed by atoms with Crippen molar-refractivity contribution >= 4 is 34.0 Å². The third-order valence-electron chi connectivity index (χ3n) is 4.82. The number of carbonyl (C=O) groups excluding carboxylic acids is 1. The highest BCUT2D eigenvalue weighted by Gasteiger charge is 2.12. The number of hydrogen-bond acceptors (Lipinski definition) is 6. The van der Waals surface area contributed by atoms with E-state index in [2.05, 4.69) is 27.5 Å². The number of aromatic nitrogens is 2. The topological polar surface area (TPSA) is 85.4 Å². The monoisotopic (exact) mass is 428 g/mol. The lowest BCUT2D eigenvalue weighted by Crippen LogP contribution is -2.11. The SMILES string of the molecule is CCCOc1cc2ncnc(Nc3ccc(NC(=O)c4ccccc4)cc3)c2cc1OC. The molecule has 0 bridgehead atoms. The van der Waals surface area contributed by atoms with Gasteiger partial charge in [0.25, 0.3) is 5.91 Å². The van der Waals surface area contributed by atoms with Gasteiger partial charge < -0.3 is 20.1 Å². The molecule has 4 rings (SSSR count). The van der Waals surface area contributed by atoms with E-state index in [1.807, 2.05) is 54.6 Å². The smallest absolute Gasteiger partial charge is 0.255 e. The molecular formula is C25H24N4O3. The van der Waals surface area contributed by atoms with E-state index in [1.54, 1.807) is 19.2 Å². The first kappa shape index (κ1) is 21.1. The Kier molecular flexibility index (Phi) is 6.46. The average Bonchev–Trinajstić information content (AvgIpc) is 2.84. The first-order chi connectivity index (χ1) is 15.7. The molecule has 0 unspecified atom stereocenters. The van der Waals surface area contributed by atoms with Gasteiger partial charge in [-0.15, -0.1) is 0 Å². The molecule has 0 aliphatic carbocycles. The molecule has 1 heterocycles. The largest absolute Gasteiger partial charge is 0.493 e. The summed E-state index contributed by atoms with van der Waals surface area (Å²) in [7, 11) is 1.61. The van der Waals surface area contributed by atoms with E-state index < -0.39 is 0 Å². The number of fused-ring (bicyclic) bond motifs is 1. The predicted molar refractivity (Wildman–Crippen MR) is 126 cm³/mol. The van der Waals surface area contributed by atoms with Crippen LogP contribution in [0.15, 0.2) is 73.1 Å². The zero-order chi connectivity index (χ0) is 22.3. The lowest BCUT2D eigenvalue weighted by molar-refractivity contribution is 0.102. The minimum absolute atomic E-state index is 0.152. The van der Waals surface area contributed by atoms with Crippen molar-refractivity contribution in [2.45, 2.75) is 13.3 Å². The molecule has 0 spiro atoms. The maximum absolute atomic E-state index is 12.3. The Morgan fingerprint density at radius 1 is 0.938 bits per heavy atom. The molecule has 32 heavy (non-hydrogen) atoms. The summed E-state index contributed by atoms with van der Waals surface area (Å²) in [6.07, 6.45) is 2.41. The fourth-order valence-electron chi connectivity index (χ4n) is 3.21. The summed E-state index contributed by atoms with van der Waals surface area (Å²) in [6.45, 7) is 2.65. The van der Waals surface area contributed by atoms with Gasteiger partial charge in [-0.2, -0.15) is 0 Å². The number of benzene rings is 3. The Bertz CT molecular complexity index is 1210. The Morgan fingerprint density at radius 2 is 1.69 bits per heavy atom. The van der Waals surface area contributed by atoms with Crippen LogP contribution < -0.4 is 20.1 Å². The summed E-state index contributed by atoms with van der Waals surface area (Å²) in [5, 5.41) is 7.02. The lowest BCUT2D eigenvalue weighted by Gasteiger charge is -2.13. The second-order valence-corrected chi connectivity index (χ2v) is 7.11. The highest BCUT2D eigenvalue weighted by atomic mass is 16.5. The van der Waals surface area contributed by atoms with Gasteiger partial charge in [0, 0.05) is 28.4 Å². The van der Waals surface area contributed by atoms with Crippen LogP contribution in [0.1, 0.15) is 23.7 Å². The van der Waals surface area contributed by atoms with E-state index in [4.69, 9.17) is 9.47 Å². The van der Waals surface area contributed by atoms with Crippen LogP contribution in [-0.4, -0.2) is 29.6 Å². The maximum atomic E-state index is 12.3. The van der Waals surface area contributed by atoms with Crippen molar-refractivity contribution < 1.29 is 14.3 Å². The molecule has 0 aliphatic rings. The number of ether oxygens (including phenoxy) is 2. The molecule has 7 heteroatoms.